The molecule has 2 aromatic rings. The molecule has 2 fully saturated rings. The Morgan fingerprint density at radius 2 is 1.44 bits per heavy atom. The van der Waals surface area contributed by atoms with E-state index in [0.717, 1.165) is 5.69 Å². The molecule has 7 heteroatoms. The topological polar surface area (TPSA) is 64.1 Å². The lowest BCUT2D eigenvalue weighted by Crippen LogP contribution is -2.52. The Morgan fingerprint density at radius 1 is 0.852 bits per heavy atom. The largest absolute Gasteiger partial charge is 0.508 e. The Balaban J connectivity index is 1.43. The predicted molar refractivity (Wildman–Crippen MR) is 99.2 cm³/mol. The van der Waals surface area contributed by atoms with Gasteiger partial charge in [-0.05, 0) is 48.5 Å². The summed E-state index contributed by atoms with van der Waals surface area (Å²) in [5, 5.41) is 9.40. The van der Waals surface area contributed by atoms with Crippen LogP contribution in [0.5, 0.6) is 5.75 Å². The Bertz CT molecular complexity index is 846. The highest BCUT2D eigenvalue weighted by atomic mass is 19.1. The van der Waals surface area contributed by atoms with E-state index >= 15 is 0 Å². The van der Waals surface area contributed by atoms with Gasteiger partial charge in [0.15, 0.2) is 0 Å². The summed E-state index contributed by atoms with van der Waals surface area (Å²) in [4.78, 5) is 30.6. The highest BCUT2D eigenvalue weighted by Crippen LogP contribution is 2.28. The summed E-state index contributed by atoms with van der Waals surface area (Å²) in [5.74, 6) is -0.620. The Kier molecular flexibility index (Phi) is 4.53. The van der Waals surface area contributed by atoms with Gasteiger partial charge in [-0.2, -0.15) is 0 Å². The van der Waals surface area contributed by atoms with Gasteiger partial charge in [-0.15, -0.1) is 0 Å². The minimum Gasteiger partial charge on any atom is -0.508 e. The molecule has 0 bridgehead atoms. The Hall–Kier alpha value is -2.93. The first-order valence-corrected chi connectivity index (χ1v) is 8.93. The van der Waals surface area contributed by atoms with Gasteiger partial charge in [-0.1, -0.05) is 0 Å². The van der Waals surface area contributed by atoms with Crippen molar-refractivity contribution in [2.24, 2.45) is 0 Å². The van der Waals surface area contributed by atoms with Crippen molar-refractivity contribution in [3.05, 3.63) is 54.3 Å². The number of carbonyl (C=O) groups excluding carboxylic acids is 2. The number of rotatable bonds is 3. The van der Waals surface area contributed by atoms with E-state index in [0.29, 0.717) is 31.9 Å². The summed E-state index contributed by atoms with van der Waals surface area (Å²) in [6.45, 7) is 2.74. The molecule has 140 valence electrons. The third-order valence-corrected chi connectivity index (χ3v) is 5.18. The van der Waals surface area contributed by atoms with Crippen LogP contribution in [0.4, 0.5) is 15.8 Å². The van der Waals surface area contributed by atoms with Crippen LogP contribution in [0.25, 0.3) is 0 Å². The third kappa shape index (κ3) is 3.38. The van der Waals surface area contributed by atoms with E-state index in [1.807, 2.05) is 4.90 Å². The van der Waals surface area contributed by atoms with Gasteiger partial charge in [0.2, 0.25) is 5.91 Å². The molecular formula is C20H20FN3O3. The van der Waals surface area contributed by atoms with E-state index in [2.05, 4.69) is 4.90 Å². The van der Waals surface area contributed by atoms with Gasteiger partial charge in [0.25, 0.3) is 5.91 Å². The van der Waals surface area contributed by atoms with Gasteiger partial charge in [-0.25, -0.2) is 9.29 Å². The quantitative estimate of drug-likeness (QED) is 0.839. The number of hydrogen-bond acceptors (Lipinski definition) is 5. The molecule has 2 amide bonds. The van der Waals surface area contributed by atoms with E-state index in [9.17, 15) is 19.1 Å². The predicted octanol–water partition coefficient (Wildman–Crippen LogP) is 1.99. The molecule has 2 aliphatic rings. The van der Waals surface area contributed by atoms with Crippen LogP contribution in [0.3, 0.4) is 0 Å². The van der Waals surface area contributed by atoms with Gasteiger partial charge >= 0.3 is 0 Å². The summed E-state index contributed by atoms with van der Waals surface area (Å²) in [5.41, 5.74) is 1.44. The van der Waals surface area contributed by atoms with Crippen LogP contribution in [0.1, 0.15) is 6.42 Å². The van der Waals surface area contributed by atoms with Crippen molar-refractivity contribution in [1.82, 2.24) is 4.90 Å². The molecule has 2 heterocycles. The van der Waals surface area contributed by atoms with Crippen molar-refractivity contribution in [3.63, 3.8) is 0 Å². The van der Waals surface area contributed by atoms with Crippen LogP contribution in [-0.2, 0) is 9.59 Å². The number of carbonyl (C=O) groups is 2. The number of piperazine rings is 1. The smallest absolute Gasteiger partial charge is 0.251 e. The van der Waals surface area contributed by atoms with Gasteiger partial charge in [0.05, 0.1) is 18.2 Å². The molecule has 1 unspecified atom stereocenters. The second-order valence-electron chi connectivity index (χ2n) is 6.80. The van der Waals surface area contributed by atoms with E-state index in [4.69, 9.17) is 0 Å². The fourth-order valence-corrected chi connectivity index (χ4v) is 3.72. The number of halogens is 1. The average molecular weight is 369 g/mol. The molecule has 0 spiro atoms. The maximum atomic E-state index is 13.1. The number of phenolic OH excluding ortho intramolecular Hbond substituents is 1. The van der Waals surface area contributed by atoms with Gasteiger partial charge in [0, 0.05) is 31.9 Å². The number of aromatic hydroxyl groups is 1. The molecule has 1 atom stereocenters. The summed E-state index contributed by atoms with van der Waals surface area (Å²) >= 11 is 0. The molecule has 2 saturated heterocycles. The fourth-order valence-electron chi connectivity index (χ4n) is 3.72. The number of phenols is 1. The summed E-state index contributed by atoms with van der Waals surface area (Å²) in [6.07, 6.45) is 0.163. The van der Waals surface area contributed by atoms with Crippen LogP contribution in [0.2, 0.25) is 0 Å². The standard InChI is InChI=1S/C20H20FN3O3/c21-14-1-3-15(4-2-14)22-9-11-23(12-10-22)18-13-19(26)24(20(18)27)16-5-7-17(25)8-6-16/h1-8,18,25H,9-13H2. The minimum absolute atomic E-state index is 0.0892. The number of nitrogens with zero attached hydrogens (tertiary/aromatic N) is 3. The first-order valence-electron chi connectivity index (χ1n) is 8.93. The third-order valence-electron chi connectivity index (χ3n) is 5.18. The number of hydrogen-bond donors (Lipinski definition) is 1. The molecule has 27 heavy (non-hydrogen) atoms. The van der Waals surface area contributed by atoms with Crippen molar-refractivity contribution < 1.29 is 19.1 Å². The second-order valence-corrected chi connectivity index (χ2v) is 6.80. The molecule has 1 N–H and O–H groups in total. The van der Waals surface area contributed by atoms with Gasteiger partial charge in [0.1, 0.15) is 11.6 Å². The van der Waals surface area contributed by atoms with Crippen molar-refractivity contribution in [1.29, 1.82) is 0 Å². The van der Waals surface area contributed by atoms with Crippen LogP contribution in [-0.4, -0.2) is 54.0 Å². The fraction of sp³-hybridized carbons (Fsp3) is 0.300. The van der Waals surface area contributed by atoms with Crippen LogP contribution in [0.15, 0.2) is 48.5 Å². The number of amides is 2. The van der Waals surface area contributed by atoms with Gasteiger partial charge in [-0.3, -0.25) is 14.5 Å². The van der Waals surface area contributed by atoms with E-state index < -0.39 is 6.04 Å². The maximum Gasteiger partial charge on any atom is 0.251 e. The lowest BCUT2D eigenvalue weighted by Gasteiger charge is -2.38. The second kappa shape index (κ2) is 7.00. The zero-order valence-electron chi connectivity index (χ0n) is 14.7. The normalized spacial score (nSPS) is 21.1. The van der Waals surface area contributed by atoms with Gasteiger partial charge < -0.3 is 10.0 Å². The van der Waals surface area contributed by atoms with Crippen molar-refractivity contribution in [3.8, 4) is 5.75 Å². The highest BCUT2D eigenvalue weighted by Gasteiger charge is 2.43. The number of imide groups is 1. The van der Waals surface area contributed by atoms with E-state index in [1.165, 1.54) is 29.2 Å². The van der Waals surface area contributed by atoms with E-state index in [-0.39, 0.29) is 29.8 Å². The summed E-state index contributed by atoms with van der Waals surface area (Å²) in [6, 6.07) is 12.0. The Morgan fingerprint density at radius 3 is 2.07 bits per heavy atom. The average Bonchev–Trinajstić information content (AvgIpc) is 2.98. The van der Waals surface area contributed by atoms with Crippen LogP contribution < -0.4 is 9.80 Å². The molecule has 2 aliphatic heterocycles. The zero-order valence-corrected chi connectivity index (χ0v) is 14.7. The SMILES string of the molecule is O=C1CC(N2CCN(c3ccc(F)cc3)CC2)C(=O)N1c1ccc(O)cc1. The highest BCUT2D eigenvalue weighted by molar-refractivity contribution is 6.22. The maximum absolute atomic E-state index is 13.1. The lowest BCUT2D eigenvalue weighted by atomic mass is 10.1. The first kappa shape index (κ1) is 17.5. The summed E-state index contributed by atoms with van der Waals surface area (Å²) < 4.78 is 13.1. The molecule has 6 nitrogen and oxygen atoms in total. The monoisotopic (exact) mass is 369 g/mol. The molecule has 0 aliphatic carbocycles. The van der Waals surface area contributed by atoms with Crippen molar-refractivity contribution >= 4 is 23.2 Å². The minimum atomic E-state index is -0.457. The molecule has 0 saturated carbocycles. The van der Waals surface area contributed by atoms with Crippen LogP contribution in [0, 0.1) is 5.82 Å². The lowest BCUT2D eigenvalue weighted by molar-refractivity contribution is -0.123. The molecular weight excluding hydrogens is 349 g/mol. The number of anilines is 2. The van der Waals surface area contributed by atoms with Crippen LogP contribution >= 0.6 is 0 Å². The molecule has 0 radical (unpaired) electrons. The van der Waals surface area contributed by atoms with Crippen molar-refractivity contribution in [2.75, 3.05) is 36.0 Å². The van der Waals surface area contributed by atoms with Crippen molar-refractivity contribution in [2.45, 2.75) is 12.5 Å². The molecule has 4 rings (SSSR count). The molecule has 0 aromatic heterocycles. The summed E-state index contributed by atoms with van der Waals surface area (Å²) in [7, 11) is 0. The number of benzene rings is 2. The van der Waals surface area contributed by atoms with E-state index in [1.54, 1.807) is 24.3 Å². The molecule has 2 aromatic carbocycles. The first-order chi connectivity index (χ1) is 13.0. The Labute approximate surface area is 156 Å². The zero-order chi connectivity index (χ0) is 19.0.